The maximum absolute atomic E-state index is 12.4. The molecule has 1 amide bonds. The highest BCUT2D eigenvalue weighted by Crippen LogP contribution is 2.16. The minimum atomic E-state index is -0.229. The number of rotatable bonds is 7. The van der Waals surface area contributed by atoms with Crippen molar-refractivity contribution in [2.45, 2.75) is 26.2 Å². The number of aryl methyl sites for hydroxylation is 1. The van der Waals surface area contributed by atoms with Crippen molar-refractivity contribution >= 4 is 11.9 Å². The van der Waals surface area contributed by atoms with Gasteiger partial charge < -0.3 is 14.4 Å². The second-order valence-electron chi connectivity index (χ2n) is 6.30. The zero-order valence-corrected chi connectivity index (χ0v) is 15.2. The molecule has 2 rings (SSSR count). The van der Waals surface area contributed by atoms with Crippen molar-refractivity contribution in [2.24, 2.45) is 0 Å². The SMILES string of the molecule is COC(=O)CN1CCCN(C(=O)CCCOc2ccccc2C)CC1. The monoisotopic (exact) mass is 348 g/mol. The summed E-state index contributed by atoms with van der Waals surface area (Å²) in [6.45, 7) is 5.78. The molecule has 0 atom stereocenters. The topological polar surface area (TPSA) is 59.1 Å². The van der Waals surface area contributed by atoms with Gasteiger partial charge in [0.25, 0.3) is 0 Å². The van der Waals surface area contributed by atoms with E-state index in [2.05, 4.69) is 0 Å². The largest absolute Gasteiger partial charge is 0.493 e. The predicted molar refractivity (Wildman–Crippen MR) is 95.6 cm³/mol. The van der Waals surface area contributed by atoms with Crippen LogP contribution in [-0.4, -0.2) is 68.1 Å². The second-order valence-corrected chi connectivity index (χ2v) is 6.30. The van der Waals surface area contributed by atoms with Gasteiger partial charge in [-0.1, -0.05) is 18.2 Å². The maximum atomic E-state index is 12.4. The molecule has 1 heterocycles. The van der Waals surface area contributed by atoms with Crippen LogP contribution in [0.2, 0.25) is 0 Å². The van der Waals surface area contributed by atoms with Crippen molar-refractivity contribution in [1.82, 2.24) is 9.80 Å². The van der Waals surface area contributed by atoms with Crippen LogP contribution in [0.25, 0.3) is 0 Å². The van der Waals surface area contributed by atoms with Gasteiger partial charge in [-0.15, -0.1) is 0 Å². The molecule has 0 aliphatic carbocycles. The third kappa shape index (κ3) is 6.38. The summed E-state index contributed by atoms with van der Waals surface area (Å²) >= 11 is 0. The number of benzene rings is 1. The first-order valence-corrected chi connectivity index (χ1v) is 8.85. The summed E-state index contributed by atoms with van der Waals surface area (Å²) in [4.78, 5) is 27.7. The van der Waals surface area contributed by atoms with Gasteiger partial charge in [0.15, 0.2) is 0 Å². The molecule has 6 heteroatoms. The summed E-state index contributed by atoms with van der Waals surface area (Å²) in [5, 5.41) is 0. The summed E-state index contributed by atoms with van der Waals surface area (Å²) in [5.41, 5.74) is 1.10. The molecule has 1 aromatic rings. The standard InChI is InChI=1S/C19H28N2O4/c1-16-7-3-4-8-17(16)25-14-5-9-18(22)21-11-6-10-20(12-13-21)15-19(23)24-2/h3-4,7-8H,5-6,9-15H2,1-2H3. The quantitative estimate of drug-likeness (QED) is 0.556. The summed E-state index contributed by atoms with van der Waals surface area (Å²) in [5.74, 6) is 0.810. The Morgan fingerprint density at radius 3 is 2.68 bits per heavy atom. The van der Waals surface area contributed by atoms with E-state index in [0.717, 1.165) is 30.8 Å². The number of carbonyl (C=O) groups excluding carboxylic acids is 2. The number of esters is 1. The van der Waals surface area contributed by atoms with Gasteiger partial charge in [-0.25, -0.2) is 0 Å². The van der Waals surface area contributed by atoms with Gasteiger partial charge in [-0.3, -0.25) is 14.5 Å². The average Bonchev–Trinajstić information content (AvgIpc) is 2.85. The van der Waals surface area contributed by atoms with Gasteiger partial charge in [0, 0.05) is 32.6 Å². The second kappa shape index (κ2) is 10.0. The van der Waals surface area contributed by atoms with E-state index in [1.54, 1.807) is 0 Å². The fourth-order valence-corrected chi connectivity index (χ4v) is 2.91. The molecule has 138 valence electrons. The van der Waals surface area contributed by atoms with Crippen LogP contribution < -0.4 is 4.74 Å². The van der Waals surface area contributed by atoms with Gasteiger partial charge in [-0.2, -0.15) is 0 Å². The lowest BCUT2D eigenvalue weighted by Crippen LogP contribution is -2.37. The smallest absolute Gasteiger partial charge is 0.319 e. The Kier molecular flexibility index (Phi) is 7.73. The maximum Gasteiger partial charge on any atom is 0.319 e. The molecule has 0 bridgehead atoms. The average molecular weight is 348 g/mol. The highest BCUT2D eigenvalue weighted by Gasteiger charge is 2.20. The summed E-state index contributed by atoms with van der Waals surface area (Å²) in [7, 11) is 1.40. The normalized spacial score (nSPS) is 15.5. The van der Waals surface area contributed by atoms with E-state index in [4.69, 9.17) is 9.47 Å². The summed E-state index contributed by atoms with van der Waals surface area (Å²) in [6.07, 6.45) is 2.07. The van der Waals surface area contributed by atoms with Gasteiger partial charge >= 0.3 is 5.97 Å². The third-order valence-corrected chi connectivity index (χ3v) is 4.41. The van der Waals surface area contributed by atoms with E-state index in [9.17, 15) is 9.59 Å². The fourth-order valence-electron chi connectivity index (χ4n) is 2.91. The number of hydrogen-bond donors (Lipinski definition) is 0. The van der Waals surface area contributed by atoms with E-state index in [1.165, 1.54) is 7.11 Å². The minimum absolute atomic E-state index is 0.160. The van der Waals surface area contributed by atoms with Crippen LogP contribution in [0.4, 0.5) is 0 Å². The molecule has 1 aliphatic heterocycles. The van der Waals surface area contributed by atoms with Crippen molar-refractivity contribution in [1.29, 1.82) is 0 Å². The zero-order chi connectivity index (χ0) is 18.1. The molecule has 6 nitrogen and oxygen atoms in total. The van der Waals surface area contributed by atoms with Crippen molar-refractivity contribution in [3.63, 3.8) is 0 Å². The molecule has 0 saturated carbocycles. The number of nitrogens with zero attached hydrogens (tertiary/aromatic N) is 2. The number of para-hydroxylation sites is 1. The van der Waals surface area contributed by atoms with E-state index in [-0.39, 0.29) is 11.9 Å². The Balaban J connectivity index is 1.68. The Morgan fingerprint density at radius 1 is 1.12 bits per heavy atom. The zero-order valence-electron chi connectivity index (χ0n) is 15.2. The highest BCUT2D eigenvalue weighted by atomic mass is 16.5. The number of methoxy groups -OCH3 is 1. The van der Waals surface area contributed by atoms with E-state index in [1.807, 2.05) is 41.0 Å². The molecule has 25 heavy (non-hydrogen) atoms. The van der Waals surface area contributed by atoms with Crippen LogP contribution in [0.15, 0.2) is 24.3 Å². The van der Waals surface area contributed by atoms with Crippen LogP contribution >= 0.6 is 0 Å². The van der Waals surface area contributed by atoms with E-state index < -0.39 is 0 Å². The van der Waals surface area contributed by atoms with Gasteiger partial charge in [0.1, 0.15) is 5.75 Å². The number of hydrogen-bond acceptors (Lipinski definition) is 5. The number of carbonyl (C=O) groups is 2. The lowest BCUT2D eigenvalue weighted by Gasteiger charge is -2.21. The molecule has 0 radical (unpaired) electrons. The lowest BCUT2D eigenvalue weighted by atomic mass is 10.2. The summed E-state index contributed by atoms with van der Waals surface area (Å²) < 4.78 is 10.4. The fraction of sp³-hybridized carbons (Fsp3) is 0.579. The molecule has 1 aliphatic rings. The lowest BCUT2D eigenvalue weighted by molar-refractivity contribution is -0.141. The first-order chi connectivity index (χ1) is 12.1. The third-order valence-electron chi connectivity index (χ3n) is 4.41. The predicted octanol–water partition coefficient (Wildman–Crippen LogP) is 1.86. The molecule has 0 aromatic heterocycles. The van der Waals surface area contributed by atoms with Crippen molar-refractivity contribution < 1.29 is 19.1 Å². The van der Waals surface area contributed by atoms with E-state index >= 15 is 0 Å². The first-order valence-electron chi connectivity index (χ1n) is 8.85. The first kappa shape index (κ1) is 19.2. The Hall–Kier alpha value is -2.08. The van der Waals surface area contributed by atoms with Crippen molar-refractivity contribution in [2.75, 3.05) is 46.4 Å². The minimum Gasteiger partial charge on any atom is -0.493 e. The number of ether oxygens (including phenoxy) is 2. The van der Waals surface area contributed by atoms with Gasteiger partial charge in [0.05, 0.1) is 20.3 Å². The van der Waals surface area contributed by atoms with Crippen LogP contribution in [0.3, 0.4) is 0 Å². The Labute approximate surface area is 149 Å². The Bertz CT molecular complexity index is 576. The van der Waals surface area contributed by atoms with Crippen LogP contribution in [0, 0.1) is 6.92 Å². The van der Waals surface area contributed by atoms with Crippen LogP contribution in [0.1, 0.15) is 24.8 Å². The molecule has 0 spiro atoms. The van der Waals surface area contributed by atoms with Crippen LogP contribution in [0.5, 0.6) is 5.75 Å². The number of amides is 1. The van der Waals surface area contributed by atoms with Gasteiger partial charge in [-0.05, 0) is 31.4 Å². The van der Waals surface area contributed by atoms with E-state index in [0.29, 0.717) is 39.1 Å². The molecule has 0 N–H and O–H groups in total. The highest BCUT2D eigenvalue weighted by molar-refractivity contribution is 5.76. The Morgan fingerprint density at radius 2 is 1.92 bits per heavy atom. The molecule has 0 unspecified atom stereocenters. The van der Waals surface area contributed by atoms with Crippen molar-refractivity contribution in [3.05, 3.63) is 29.8 Å². The van der Waals surface area contributed by atoms with Gasteiger partial charge in [0.2, 0.25) is 5.91 Å². The molecular formula is C19H28N2O4. The molecule has 1 saturated heterocycles. The van der Waals surface area contributed by atoms with Crippen LogP contribution in [-0.2, 0) is 14.3 Å². The molecule has 1 aromatic carbocycles. The molecule has 1 fully saturated rings. The molecular weight excluding hydrogens is 320 g/mol. The summed E-state index contributed by atoms with van der Waals surface area (Å²) in [6, 6.07) is 7.89. The van der Waals surface area contributed by atoms with Crippen molar-refractivity contribution in [3.8, 4) is 5.75 Å².